The molecule has 0 saturated carbocycles. The van der Waals surface area contributed by atoms with Crippen molar-refractivity contribution in [3.63, 3.8) is 0 Å². The molecule has 0 radical (unpaired) electrons. The zero-order chi connectivity index (χ0) is 40.0. The summed E-state index contributed by atoms with van der Waals surface area (Å²) in [6.07, 6.45) is 6.40. The Hall–Kier alpha value is -6.97. The third kappa shape index (κ3) is 7.46. The van der Waals surface area contributed by atoms with Gasteiger partial charge in [-0.2, -0.15) is 40.3 Å². The second-order valence-electron chi connectivity index (χ2n) is 12.3. The van der Waals surface area contributed by atoms with Crippen LogP contribution in [0.3, 0.4) is 0 Å². The van der Waals surface area contributed by atoms with Gasteiger partial charge in [-0.1, -0.05) is 26.7 Å². The van der Waals surface area contributed by atoms with Gasteiger partial charge in [-0.15, -0.1) is 20.5 Å². The zero-order valence-electron chi connectivity index (χ0n) is 30.9. The Bertz CT molecular complexity index is 2250. The molecule has 21 nitrogen and oxygen atoms in total. The first-order valence-electron chi connectivity index (χ1n) is 17.2. The highest BCUT2D eigenvalue weighted by Crippen LogP contribution is 2.37. The van der Waals surface area contributed by atoms with Crippen LogP contribution in [0.4, 0.5) is 34.6 Å². The Morgan fingerprint density at radius 1 is 0.745 bits per heavy atom. The topological polar surface area (TPSA) is 308 Å². The van der Waals surface area contributed by atoms with E-state index in [1.54, 1.807) is 21.0 Å². The Morgan fingerprint density at radius 2 is 1.15 bits per heavy atom. The van der Waals surface area contributed by atoms with Crippen LogP contribution in [-0.4, -0.2) is 79.1 Å². The highest BCUT2D eigenvalue weighted by molar-refractivity contribution is 6.01. The molecular weight excluding hydrogens is 710 g/mol. The molecule has 0 spiro atoms. The van der Waals surface area contributed by atoms with Crippen LogP contribution in [0.25, 0.3) is 11.6 Å². The molecule has 0 aromatic carbocycles. The van der Waals surface area contributed by atoms with Crippen molar-refractivity contribution in [2.45, 2.75) is 59.3 Å². The molecule has 284 valence electrons. The number of azo groups is 2. The lowest BCUT2D eigenvalue weighted by Crippen LogP contribution is -2.15. The normalized spacial score (nSPS) is 11.5. The molecule has 5 heterocycles. The number of aromatic nitrogens is 9. The molecule has 5 aromatic rings. The van der Waals surface area contributed by atoms with Crippen molar-refractivity contribution in [2.75, 3.05) is 24.7 Å². The minimum absolute atomic E-state index is 0.00312. The number of unbranched alkanes of at least 4 members (excludes halogenated alkanes) is 2. The van der Waals surface area contributed by atoms with Gasteiger partial charge in [-0.3, -0.25) is 9.59 Å². The monoisotopic (exact) mass is 749 g/mol. The van der Waals surface area contributed by atoms with E-state index in [9.17, 15) is 30.3 Å². The van der Waals surface area contributed by atoms with E-state index in [0.29, 0.717) is 37.1 Å². The highest BCUT2D eigenvalue weighted by atomic mass is 16.3. The summed E-state index contributed by atoms with van der Waals surface area (Å²) in [6.45, 7) is 4.07. The minimum atomic E-state index is -0.749. The number of carbonyl (C=O) groups excluding carboxylic acids is 2. The van der Waals surface area contributed by atoms with Gasteiger partial charge < -0.3 is 21.7 Å². The number of nitriles is 2. The molecule has 21 heteroatoms. The fraction of sp³-hybridized carbons (Fsp3) is 0.382. The zero-order valence-corrected chi connectivity index (χ0v) is 30.9. The fourth-order valence-corrected chi connectivity index (χ4v) is 5.61. The van der Waals surface area contributed by atoms with Gasteiger partial charge in [0.05, 0.1) is 34.9 Å². The van der Waals surface area contributed by atoms with E-state index >= 15 is 0 Å². The molecule has 0 fully saturated rings. The van der Waals surface area contributed by atoms with Crippen LogP contribution in [0.2, 0.25) is 0 Å². The summed E-state index contributed by atoms with van der Waals surface area (Å²) in [7, 11) is 3.13. The maximum absolute atomic E-state index is 12.3. The van der Waals surface area contributed by atoms with Crippen LogP contribution in [-0.2, 0) is 26.9 Å². The van der Waals surface area contributed by atoms with Crippen LogP contribution in [0, 0.1) is 29.6 Å². The van der Waals surface area contributed by atoms with Crippen LogP contribution in [0.1, 0.15) is 88.3 Å². The van der Waals surface area contributed by atoms with Gasteiger partial charge in [0, 0.05) is 14.1 Å². The van der Waals surface area contributed by atoms with Crippen LogP contribution >= 0.6 is 0 Å². The SMILES string of the molecule is CCCCc1nn(-c2nc(-n3nc(CCCC)c(N=Nc4c(C(=O)CO)cnn4C)c3N)c(C#N)c(C)c2C#N)c(N)c1N=Nc1c(C(=O)CO)cnn1C. The highest BCUT2D eigenvalue weighted by Gasteiger charge is 2.28. The van der Waals surface area contributed by atoms with Crippen molar-refractivity contribution in [3.05, 3.63) is 51.6 Å². The first-order chi connectivity index (χ1) is 26.4. The first kappa shape index (κ1) is 39.2. The van der Waals surface area contributed by atoms with Crippen molar-refractivity contribution < 1.29 is 19.8 Å². The first-order valence-corrected chi connectivity index (χ1v) is 17.2. The maximum atomic E-state index is 12.3. The number of hydrogen-bond donors (Lipinski definition) is 4. The van der Waals surface area contributed by atoms with Crippen molar-refractivity contribution in [2.24, 2.45) is 34.6 Å². The second kappa shape index (κ2) is 16.8. The summed E-state index contributed by atoms with van der Waals surface area (Å²) in [5, 5.41) is 74.3. The van der Waals surface area contributed by atoms with E-state index in [1.807, 2.05) is 13.8 Å². The fourth-order valence-electron chi connectivity index (χ4n) is 5.61. The Morgan fingerprint density at radius 3 is 1.49 bits per heavy atom. The number of hydrogen-bond acceptors (Lipinski definition) is 17. The quantitative estimate of drug-likeness (QED) is 0.0820. The van der Waals surface area contributed by atoms with Gasteiger partial charge in [0.1, 0.15) is 36.5 Å². The van der Waals surface area contributed by atoms with Gasteiger partial charge in [0.15, 0.2) is 57.8 Å². The van der Waals surface area contributed by atoms with E-state index < -0.39 is 24.8 Å². The van der Waals surface area contributed by atoms with E-state index in [4.69, 9.17) is 26.6 Å². The second-order valence-corrected chi connectivity index (χ2v) is 12.3. The summed E-state index contributed by atoms with van der Waals surface area (Å²) in [4.78, 5) is 29.4. The summed E-state index contributed by atoms with van der Waals surface area (Å²) in [5.41, 5.74) is 14.9. The van der Waals surface area contributed by atoms with Crippen molar-refractivity contribution in [3.8, 4) is 23.8 Å². The molecule has 5 aromatic heterocycles. The number of rotatable bonds is 16. The summed E-state index contributed by atoms with van der Waals surface area (Å²) >= 11 is 0. The molecule has 5 rings (SSSR count). The molecule has 0 atom stereocenters. The number of nitrogens with zero attached hydrogens (tertiary/aromatic N) is 15. The molecule has 0 aliphatic rings. The maximum Gasteiger partial charge on any atom is 0.193 e. The molecule has 0 aliphatic heterocycles. The van der Waals surface area contributed by atoms with Crippen LogP contribution in [0.15, 0.2) is 32.9 Å². The van der Waals surface area contributed by atoms with Gasteiger partial charge in [0.2, 0.25) is 0 Å². The molecule has 0 aliphatic carbocycles. The number of nitrogen functional groups attached to an aromatic ring is 2. The molecule has 55 heavy (non-hydrogen) atoms. The molecule has 6 N–H and O–H groups in total. The van der Waals surface area contributed by atoms with E-state index in [1.165, 1.54) is 31.1 Å². The molecule has 0 unspecified atom stereocenters. The lowest BCUT2D eigenvalue weighted by molar-refractivity contribution is 0.0898. The largest absolute Gasteiger partial charge is 0.388 e. The lowest BCUT2D eigenvalue weighted by atomic mass is 10.1. The minimum Gasteiger partial charge on any atom is -0.388 e. The number of pyridine rings is 1. The van der Waals surface area contributed by atoms with E-state index in [0.717, 1.165) is 12.8 Å². The standard InChI is InChI=1S/C34H39N17O4/c1-6-8-10-23-27(42-44-33-21(25(54)16-52)14-39-48(33)4)29(37)50(46-23)31-19(12-35)18(3)20(13-36)32(41-31)51-30(38)28(24(47-51)11-9-7-2)43-45-34-22(26(55)17-53)15-40-49(34)5/h14-15,52-53H,6-11,16-17,37-38H2,1-5H3. The van der Waals surface area contributed by atoms with Crippen LogP contribution in [0.5, 0.6) is 0 Å². The van der Waals surface area contributed by atoms with Gasteiger partial charge in [-0.25, -0.2) is 14.3 Å². The lowest BCUT2D eigenvalue weighted by Gasteiger charge is -2.14. The summed E-state index contributed by atoms with van der Waals surface area (Å²) in [6, 6.07) is 4.24. The van der Waals surface area contributed by atoms with Gasteiger partial charge in [0.25, 0.3) is 0 Å². The van der Waals surface area contributed by atoms with Gasteiger partial charge in [-0.05, 0) is 38.2 Å². The number of aliphatic hydroxyl groups excluding tert-OH is 2. The molecular formula is C34H39N17O4. The predicted molar refractivity (Wildman–Crippen MR) is 196 cm³/mol. The Labute approximate surface area is 314 Å². The number of nitrogens with two attached hydrogens (primary N) is 2. The average Bonchev–Trinajstić information content (AvgIpc) is 3.92. The Kier molecular flexibility index (Phi) is 12.0. The number of anilines is 2. The van der Waals surface area contributed by atoms with Gasteiger partial charge >= 0.3 is 0 Å². The van der Waals surface area contributed by atoms with Crippen molar-refractivity contribution in [1.29, 1.82) is 10.5 Å². The third-order valence-electron chi connectivity index (χ3n) is 8.69. The number of aliphatic hydroxyl groups is 2. The number of carbonyl (C=O) groups is 2. The predicted octanol–water partition coefficient (Wildman–Crippen LogP) is 4.00. The summed E-state index contributed by atoms with van der Waals surface area (Å²) < 4.78 is 5.12. The van der Waals surface area contributed by atoms with E-state index in [2.05, 4.69) is 42.8 Å². The molecule has 0 saturated heterocycles. The summed E-state index contributed by atoms with van der Waals surface area (Å²) in [5.74, 6) is -1.20. The number of Topliss-reactive ketones (excluding diaryl/α,β-unsaturated/α-hetero) is 2. The van der Waals surface area contributed by atoms with Crippen molar-refractivity contribution >= 4 is 46.2 Å². The van der Waals surface area contributed by atoms with E-state index in [-0.39, 0.29) is 74.1 Å². The van der Waals surface area contributed by atoms with Crippen molar-refractivity contribution in [1.82, 2.24) is 44.1 Å². The third-order valence-corrected chi connectivity index (χ3v) is 8.69. The Balaban J connectivity index is 1.71. The van der Waals surface area contributed by atoms with Crippen LogP contribution < -0.4 is 11.5 Å². The smallest absolute Gasteiger partial charge is 0.193 e. The number of ketones is 2. The number of aryl methyl sites for hydroxylation is 4. The molecule has 0 bridgehead atoms. The average molecular weight is 750 g/mol. The molecule has 0 amide bonds.